The Morgan fingerprint density at radius 1 is 1.53 bits per heavy atom. The third-order valence-corrected chi connectivity index (χ3v) is 5.11. The average Bonchev–Trinajstić information content (AvgIpc) is 2.70. The SMILES string of the molecule is [C-]#[N+][C@H](C)C[C@H]1CC[C@@H]2OC3C[C@]2(C=C(C)[C@@H]3C)O1. The topological polar surface area (TPSA) is 22.8 Å². The van der Waals surface area contributed by atoms with E-state index in [-0.39, 0.29) is 23.9 Å². The van der Waals surface area contributed by atoms with E-state index in [1.165, 1.54) is 5.57 Å². The molecule has 3 nitrogen and oxygen atoms in total. The predicted octanol–water partition coefficient (Wildman–Crippen LogP) is 3.36. The van der Waals surface area contributed by atoms with Gasteiger partial charge < -0.3 is 14.3 Å². The Bertz CT molecular complexity index is 439. The zero-order chi connectivity index (χ0) is 13.6. The van der Waals surface area contributed by atoms with E-state index in [0.29, 0.717) is 12.0 Å². The third-order valence-electron chi connectivity index (χ3n) is 5.11. The molecule has 0 amide bonds. The van der Waals surface area contributed by atoms with E-state index in [0.717, 1.165) is 25.7 Å². The second-order valence-electron chi connectivity index (χ2n) is 6.53. The fourth-order valence-electron chi connectivity index (χ4n) is 3.85. The van der Waals surface area contributed by atoms with Gasteiger partial charge in [0, 0.05) is 25.7 Å². The zero-order valence-electron chi connectivity index (χ0n) is 12.1. The fourth-order valence-corrected chi connectivity index (χ4v) is 3.85. The molecule has 2 aliphatic heterocycles. The van der Waals surface area contributed by atoms with E-state index >= 15 is 0 Å². The molecule has 2 bridgehead atoms. The summed E-state index contributed by atoms with van der Waals surface area (Å²) in [5.74, 6) is 0.514. The minimum Gasteiger partial charge on any atom is -0.371 e. The van der Waals surface area contributed by atoms with Crippen LogP contribution in [-0.2, 0) is 9.47 Å². The summed E-state index contributed by atoms with van der Waals surface area (Å²) >= 11 is 0. The molecule has 2 fully saturated rings. The van der Waals surface area contributed by atoms with Crippen LogP contribution in [-0.4, -0.2) is 30.0 Å². The highest BCUT2D eigenvalue weighted by atomic mass is 16.6. The van der Waals surface area contributed by atoms with Crippen molar-refractivity contribution in [2.45, 2.75) is 76.4 Å². The van der Waals surface area contributed by atoms with Gasteiger partial charge in [-0.15, -0.1) is 0 Å². The molecule has 104 valence electrons. The van der Waals surface area contributed by atoms with Crippen LogP contribution in [0, 0.1) is 12.5 Å². The lowest BCUT2D eigenvalue weighted by molar-refractivity contribution is -0.141. The van der Waals surface area contributed by atoms with Crippen LogP contribution < -0.4 is 0 Å². The lowest BCUT2D eigenvalue weighted by atomic mass is 9.77. The third kappa shape index (κ3) is 2.11. The zero-order valence-corrected chi connectivity index (χ0v) is 12.1. The van der Waals surface area contributed by atoms with E-state index in [2.05, 4.69) is 24.8 Å². The molecule has 19 heavy (non-hydrogen) atoms. The number of hydrogen-bond acceptors (Lipinski definition) is 2. The van der Waals surface area contributed by atoms with Gasteiger partial charge in [-0.05, 0) is 19.8 Å². The molecule has 0 aromatic heterocycles. The summed E-state index contributed by atoms with van der Waals surface area (Å²) in [4.78, 5) is 3.60. The molecule has 0 saturated carbocycles. The predicted molar refractivity (Wildman–Crippen MR) is 73.7 cm³/mol. The Balaban J connectivity index is 1.79. The molecule has 0 aromatic rings. The van der Waals surface area contributed by atoms with Gasteiger partial charge in [-0.25, -0.2) is 6.57 Å². The largest absolute Gasteiger partial charge is 0.371 e. The van der Waals surface area contributed by atoms with Crippen LogP contribution in [0.3, 0.4) is 0 Å². The fraction of sp³-hybridized carbons (Fsp3) is 0.812. The standard InChI is InChI=1S/C16H23NO2/c1-10-8-16-9-14(12(10)3)18-15(16)6-5-13(19-16)7-11(2)17-4/h8,11-15H,5-7,9H2,1-3H3/t11-,12+,13-,14?,15+,16+/m1/s1. The van der Waals surface area contributed by atoms with Gasteiger partial charge in [-0.2, -0.15) is 0 Å². The minimum absolute atomic E-state index is 0.0589. The Kier molecular flexibility index (Phi) is 3.19. The van der Waals surface area contributed by atoms with Crippen LogP contribution in [0.2, 0.25) is 0 Å². The molecular formula is C16H23NO2. The van der Waals surface area contributed by atoms with E-state index < -0.39 is 0 Å². The Labute approximate surface area is 115 Å². The van der Waals surface area contributed by atoms with Crippen LogP contribution in [0.15, 0.2) is 11.6 Å². The highest BCUT2D eigenvalue weighted by Crippen LogP contribution is 2.49. The molecular weight excluding hydrogens is 238 g/mol. The van der Waals surface area contributed by atoms with Gasteiger partial charge in [0.25, 0.3) is 0 Å². The van der Waals surface area contributed by atoms with Crippen molar-refractivity contribution >= 4 is 0 Å². The van der Waals surface area contributed by atoms with Crippen molar-refractivity contribution < 1.29 is 9.47 Å². The summed E-state index contributed by atoms with van der Waals surface area (Å²) in [5.41, 5.74) is 1.21. The van der Waals surface area contributed by atoms with Crippen molar-refractivity contribution in [2.24, 2.45) is 5.92 Å². The molecule has 2 saturated heterocycles. The summed E-state index contributed by atoms with van der Waals surface area (Å²) in [6.07, 6.45) is 7.05. The molecule has 3 rings (SSSR count). The van der Waals surface area contributed by atoms with Gasteiger partial charge >= 0.3 is 0 Å². The Morgan fingerprint density at radius 2 is 2.32 bits per heavy atom. The van der Waals surface area contributed by atoms with E-state index in [1.807, 2.05) is 6.92 Å². The maximum absolute atomic E-state index is 7.10. The molecule has 1 unspecified atom stereocenters. The number of fused-ring (bicyclic) bond motifs is 1. The number of nitrogens with zero attached hydrogens (tertiary/aromatic N) is 1. The van der Waals surface area contributed by atoms with Crippen LogP contribution in [0.4, 0.5) is 0 Å². The summed E-state index contributed by atoms with van der Waals surface area (Å²) in [6, 6.07) is 0.0589. The number of rotatable bonds is 2. The second-order valence-corrected chi connectivity index (χ2v) is 6.53. The number of ether oxygens (including phenoxy) is 2. The van der Waals surface area contributed by atoms with E-state index in [1.54, 1.807) is 0 Å². The van der Waals surface area contributed by atoms with Crippen molar-refractivity contribution in [2.75, 3.05) is 0 Å². The number of hydrogen-bond donors (Lipinski definition) is 0. The van der Waals surface area contributed by atoms with Crippen molar-refractivity contribution in [1.29, 1.82) is 0 Å². The molecule has 1 aliphatic carbocycles. The maximum Gasteiger partial charge on any atom is 0.223 e. The van der Waals surface area contributed by atoms with Crippen molar-refractivity contribution in [3.63, 3.8) is 0 Å². The van der Waals surface area contributed by atoms with Gasteiger partial charge in [0.2, 0.25) is 6.04 Å². The Hall–Kier alpha value is -0.850. The smallest absolute Gasteiger partial charge is 0.223 e. The molecule has 2 heterocycles. The maximum atomic E-state index is 7.10. The van der Waals surface area contributed by atoms with Crippen LogP contribution in [0.5, 0.6) is 0 Å². The highest BCUT2D eigenvalue weighted by molar-refractivity contribution is 5.25. The van der Waals surface area contributed by atoms with Gasteiger partial charge in [0.05, 0.1) is 18.3 Å². The van der Waals surface area contributed by atoms with E-state index in [4.69, 9.17) is 16.0 Å². The van der Waals surface area contributed by atoms with Crippen LogP contribution in [0.1, 0.15) is 46.5 Å². The first-order chi connectivity index (χ1) is 9.04. The van der Waals surface area contributed by atoms with Gasteiger partial charge in [-0.1, -0.05) is 18.6 Å². The summed E-state index contributed by atoms with van der Waals surface area (Å²) in [6.45, 7) is 13.5. The van der Waals surface area contributed by atoms with Gasteiger partial charge in [0.1, 0.15) is 5.60 Å². The normalized spacial score (nSPS) is 46.1. The summed E-state index contributed by atoms with van der Waals surface area (Å²) in [7, 11) is 0. The van der Waals surface area contributed by atoms with Crippen molar-refractivity contribution in [3.05, 3.63) is 23.1 Å². The van der Waals surface area contributed by atoms with Crippen molar-refractivity contribution in [1.82, 2.24) is 0 Å². The summed E-state index contributed by atoms with van der Waals surface area (Å²) in [5, 5.41) is 0. The monoisotopic (exact) mass is 261 g/mol. The molecule has 6 atom stereocenters. The van der Waals surface area contributed by atoms with Crippen molar-refractivity contribution in [3.8, 4) is 0 Å². The highest BCUT2D eigenvalue weighted by Gasteiger charge is 2.55. The quantitative estimate of drug-likeness (QED) is 0.562. The van der Waals surface area contributed by atoms with Gasteiger partial charge in [0.15, 0.2) is 0 Å². The molecule has 0 radical (unpaired) electrons. The van der Waals surface area contributed by atoms with Gasteiger partial charge in [-0.3, -0.25) is 0 Å². The molecule has 1 spiro atoms. The van der Waals surface area contributed by atoms with E-state index in [9.17, 15) is 0 Å². The lowest BCUT2D eigenvalue weighted by Gasteiger charge is -2.41. The molecule has 3 heteroatoms. The summed E-state index contributed by atoms with van der Waals surface area (Å²) < 4.78 is 12.6. The second kappa shape index (κ2) is 4.61. The first-order valence-electron chi connectivity index (χ1n) is 7.43. The molecule has 0 N–H and O–H groups in total. The molecule has 3 aliphatic rings. The lowest BCUT2D eigenvalue weighted by Crippen LogP contribution is -2.48. The van der Waals surface area contributed by atoms with Crippen LogP contribution >= 0.6 is 0 Å². The molecule has 0 aromatic carbocycles. The Morgan fingerprint density at radius 3 is 3.05 bits per heavy atom. The minimum atomic E-state index is -0.189. The van der Waals surface area contributed by atoms with Crippen LogP contribution in [0.25, 0.3) is 4.85 Å². The average molecular weight is 261 g/mol. The first kappa shape index (κ1) is 13.1. The first-order valence-corrected chi connectivity index (χ1v) is 7.43.